The molecule has 0 saturated heterocycles. The average Bonchev–Trinajstić information content (AvgIpc) is 0.919. The monoisotopic (exact) mass is 1510 g/mol. The number of aliphatic hydroxyl groups excluding tert-OH is 1. The molecule has 103 heavy (non-hydrogen) atoms. The van der Waals surface area contributed by atoms with Gasteiger partial charge in [0, 0.05) is 25.7 Å². The highest BCUT2D eigenvalue weighted by Crippen LogP contribution is 2.45. The van der Waals surface area contributed by atoms with Crippen LogP contribution in [-0.2, 0) is 65.4 Å². The maximum atomic E-state index is 13.1. The van der Waals surface area contributed by atoms with Gasteiger partial charge in [-0.3, -0.25) is 37.3 Å². The average molecular weight is 1510 g/mol. The van der Waals surface area contributed by atoms with Gasteiger partial charge in [-0.05, 0) is 31.6 Å². The Hall–Kier alpha value is -1.94. The highest BCUT2D eigenvalue weighted by atomic mass is 31.2. The summed E-state index contributed by atoms with van der Waals surface area (Å²) in [4.78, 5) is 73.0. The molecule has 0 aliphatic heterocycles. The Morgan fingerprint density at radius 2 is 0.466 bits per heavy atom. The van der Waals surface area contributed by atoms with Gasteiger partial charge in [-0.2, -0.15) is 0 Å². The Labute approximate surface area is 632 Å². The Bertz CT molecular complexity index is 1960. The minimum absolute atomic E-state index is 0.108. The van der Waals surface area contributed by atoms with Crippen molar-refractivity contribution in [2.24, 2.45) is 5.92 Å². The van der Waals surface area contributed by atoms with Gasteiger partial charge >= 0.3 is 39.5 Å². The van der Waals surface area contributed by atoms with Gasteiger partial charge in [-0.1, -0.05) is 401 Å². The number of rotatable bonds is 84. The van der Waals surface area contributed by atoms with E-state index in [-0.39, 0.29) is 25.7 Å². The molecule has 0 aliphatic carbocycles. The van der Waals surface area contributed by atoms with Crippen molar-refractivity contribution in [2.75, 3.05) is 39.6 Å². The third-order valence-electron chi connectivity index (χ3n) is 20.1. The van der Waals surface area contributed by atoms with Crippen molar-refractivity contribution in [2.45, 2.75) is 470 Å². The number of hydrogen-bond donors (Lipinski definition) is 3. The molecule has 0 amide bonds. The normalized spacial score (nSPS) is 14.1. The van der Waals surface area contributed by atoms with E-state index in [0.29, 0.717) is 25.7 Å². The maximum Gasteiger partial charge on any atom is 0.472 e. The molecule has 19 heteroatoms. The van der Waals surface area contributed by atoms with E-state index < -0.39 is 97.5 Å². The van der Waals surface area contributed by atoms with Gasteiger partial charge < -0.3 is 33.8 Å². The summed E-state index contributed by atoms with van der Waals surface area (Å²) in [5.41, 5.74) is 0. The summed E-state index contributed by atoms with van der Waals surface area (Å²) in [7, 11) is -9.92. The van der Waals surface area contributed by atoms with E-state index in [0.717, 1.165) is 109 Å². The minimum atomic E-state index is -4.96. The van der Waals surface area contributed by atoms with Crippen LogP contribution < -0.4 is 0 Å². The zero-order chi connectivity index (χ0) is 75.5. The lowest BCUT2D eigenvalue weighted by Gasteiger charge is -2.21. The molecule has 0 radical (unpaired) electrons. The van der Waals surface area contributed by atoms with Gasteiger partial charge in [0.25, 0.3) is 0 Å². The zero-order valence-electron chi connectivity index (χ0n) is 67.5. The molecule has 0 aliphatic rings. The van der Waals surface area contributed by atoms with Crippen LogP contribution in [0.1, 0.15) is 452 Å². The predicted octanol–water partition coefficient (Wildman–Crippen LogP) is 25.6. The Morgan fingerprint density at radius 1 is 0.272 bits per heavy atom. The summed E-state index contributed by atoms with van der Waals surface area (Å²) in [6.07, 6.45) is 69.6. The van der Waals surface area contributed by atoms with Crippen LogP contribution in [-0.4, -0.2) is 96.7 Å². The first kappa shape index (κ1) is 101. The van der Waals surface area contributed by atoms with E-state index in [1.807, 2.05) is 0 Å². The molecule has 0 heterocycles. The number of ether oxygens (including phenoxy) is 4. The number of phosphoric ester groups is 2. The molecule has 0 aromatic heterocycles. The van der Waals surface area contributed by atoms with Crippen molar-refractivity contribution < 1.29 is 80.2 Å². The predicted molar refractivity (Wildman–Crippen MR) is 423 cm³/mol. The van der Waals surface area contributed by atoms with Crippen LogP contribution in [0.2, 0.25) is 0 Å². The number of aliphatic hydroxyl groups is 1. The molecule has 0 saturated carbocycles. The van der Waals surface area contributed by atoms with Crippen molar-refractivity contribution in [3.05, 3.63) is 0 Å². The van der Waals surface area contributed by atoms with E-state index in [1.54, 1.807) is 0 Å². The van der Waals surface area contributed by atoms with Gasteiger partial charge in [0.1, 0.15) is 19.3 Å². The fourth-order valence-electron chi connectivity index (χ4n) is 13.1. The first-order chi connectivity index (χ1) is 50.1. The summed E-state index contributed by atoms with van der Waals surface area (Å²) in [6, 6.07) is 0. The molecule has 0 aromatic rings. The Kier molecular flexibility index (Phi) is 75.4. The first-order valence-electron chi connectivity index (χ1n) is 43.7. The number of unbranched alkanes of at least 4 members (excludes halogenated alkanes) is 55. The van der Waals surface area contributed by atoms with E-state index in [2.05, 4.69) is 34.6 Å². The van der Waals surface area contributed by atoms with Crippen LogP contribution in [0, 0.1) is 5.92 Å². The molecule has 3 unspecified atom stereocenters. The van der Waals surface area contributed by atoms with Crippen LogP contribution in [0.4, 0.5) is 0 Å². The maximum absolute atomic E-state index is 13.1. The largest absolute Gasteiger partial charge is 0.472 e. The van der Waals surface area contributed by atoms with Gasteiger partial charge in [-0.25, -0.2) is 9.13 Å². The minimum Gasteiger partial charge on any atom is -0.462 e. The van der Waals surface area contributed by atoms with Gasteiger partial charge in [0.15, 0.2) is 12.2 Å². The second-order valence-electron chi connectivity index (χ2n) is 30.5. The molecule has 6 atom stereocenters. The van der Waals surface area contributed by atoms with Gasteiger partial charge in [0.05, 0.1) is 26.4 Å². The van der Waals surface area contributed by atoms with Crippen molar-refractivity contribution in [1.82, 2.24) is 0 Å². The first-order valence-corrected chi connectivity index (χ1v) is 46.7. The third-order valence-corrected chi connectivity index (χ3v) is 22.0. The zero-order valence-corrected chi connectivity index (χ0v) is 69.3. The molecule has 3 N–H and O–H groups in total. The van der Waals surface area contributed by atoms with Gasteiger partial charge in [0.2, 0.25) is 0 Å². The smallest absolute Gasteiger partial charge is 0.462 e. The molecule has 0 aromatic carbocycles. The third kappa shape index (κ3) is 76.6. The van der Waals surface area contributed by atoms with E-state index in [9.17, 15) is 43.2 Å². The van der Waals surface area contributed by atoms with Crippen molar-refractivity contribution >= 4 is 39.5 Å². The topological polar surface area (TPSA) is 237 Å². The van der Waals surface area contributed by atoms with Crippen LogP contribution in [0.5, 0.6) is 0 Å². The lowest BCUT2D eigenvalue weighted by molar-refractivity contribution is -0.161. The van der Waals surface area contributed by atoms with Crippen LogP contribution >= 0.6 is 15.6 Å². The quantitative estimate of drug-likeness (QED) is 0.0222. The fraction of sp³-hybridized carbons (Fsp3) is 0.952. The molecular formula is C84H164O17P2. The summed E-state index contributed by atoms with van der Waals surface area (Å²) in [5, 5.41) is 10.6. The highest BCUT2D eigenvalue weighted by Gasteiger charge is 2.30. The van der Waals surface area contributed by atoms with Crippen LogP contribution in [0.3, 0.4) is 0 Å². The summed E-state index contributed by atoms with van der Waals surface area (Å²) >= 11 is 0. The van der Waals surface area contributed by atoms with E-state index >= 15 is 0 Å². The molecule has 0 rings (SSSR count). The number of hydrogen-bond acceptors (Lipinski definition) is 15. The molecular weight excluding hydrogens is 1340 g/mol. The van der Waals surface area contributed by atoms with Crippen molar-refractivity contribution in [3.8, 4) is 0 Å². The Balaban J connectivity index is 5.17. The standard InChI is InChI=1S/C84H164O17P2/c1-6-10-13-16-19-21-23-25-27-29-31-33-35-40-44-48-53-58-63-68-82(87)95-74-80(101-84(89)70-64-59-54-49-45-41-36-34-32-30-28-26-24-22-20-17-14-11-7-2)76-99-103(92,93)97-72-78(85)71-96-102(90,91)98-75-79(73-94-81(86)67-62-57-51-18-15-12-8-3)100-83(88)69-65-60-55-50-46-42-38-37-39-43-47-52-56-61-66-77(5)9-4/h77-80,85H,6-76H2,1-5H3,(H,90,91)(H,92,93)/t77?,78-,79+,80+/m0/s1. The number of esters is 4. The molecule has 612 valence electrons. The molecule has 0 bridgehead atoms. The molecule has 17 nitrogen and oxygen atoms in total. The number of phosphoric acid groups is 2. The fourth-order valence-corrected chi connectivity index (χ4v) is 14.7. The van der Waals surface area contributed by atoms with Crippen molar-refractivity contribution in [1.29, 1.82) is 0 Å². The molecule has 0 fully saturated rings. The Morgan fingerprint density at radius 3 is 0.689 bits per heavy atom. The van der Waals surface area contributed by atoms with E-state index in [4.69, 9.17) is 37.0 Å². The lowest BCUT2D eigenvalue weighted by atomic mass is 9.99. The SMILES string of the molecule is CCCCCCCCCCCCCCCCCCCCCC(=O)OC[C@H](COP(=O)(O)OC[C@@H](O)COP(=O)(O)OC[C@@H](COC(=O)CCCCCCCCC)OC(=O)CCCCCCCCCCCCCCCCC(C)CC)OC(=O)CCCCCCCCCCCCCCCCCCCCC. The number of carbonyl (C=O) groups is 4. The van der Waals surface area contributed by atoms with Crippen LogP contribution in [0.15, 0.2) is 0 Å². The second kappa shape index (κ2) is 76.8. The van der Waals surface area contributed by atoms with Crippen molar-refractivity contribution in [3.63, 3.8) is 0 Å². The summed E-state index contributed by atoms with van der Waals surface area (Å²) in [5.74, 6) is -1.26. The van der Waals surface area contributed by atoms with E-state index in [1.165, 1.54) is 263 Å². The summed E-state index contributed by atoms with van der Waals surface area (Å²) in [6.45, 7) is 7.36. The molecule has 0 spiro atoms. The summed E-state index contributed by atoms with van der Waals surface area (Å²) < 4.78 is 68.7. The lowest BCUT2D eigenvalue weighted by Crippen LogP contribution is -2.30. The van der Waals surface area contributed by atoms with Gasteiger partial charge in [-0.15, -0.1) is 0 Å². The number of carbonyl (C=O) groups excluding carboxylic acids is 4. The van der Waals surface area contributed by atoms with Crippen LogP contribution in [0.25, 0.3) is 0 Å². The second-order valence-corrected chi connectivity index (χ2v) is 33.4. The highest BCUT2D eigenvalue weighted by molar-refractivity contribution is 7.47.